The molecule has 2 aromatic carbocycles. The normalized spacial score (nSPS) is 11.5. The number of halogens is 5. The summed E-state index contributed by atoms with van der Waals surface area (Å²) in [6, 6.07) is 6.01. The van der Waals surface area contributed by atoms with E-state index in [4.69, 9.17) is 17.3 Å². The van der Waals surface area contributed by atoms with Crippen molar-refractivity contribution in [2.75, 3.05) is 5.73 Å². The fraction of sp³-hybridized carbons (Fsp3) is 0.0714. The topological polar surface area (TPSA) is 43.1 Å². The molecule has 2 N–H and O–H groups in total. The van der Waals surface area contributed by atoms with E-state index < -0.39 is 23.3 Å². The Hall–Kier alpha value is -2.08. The molecule has 7 heteroatoms. The second-order valence-corrected chi connectivity index (χ2v) is 4.67. The average Bonchev–Trinajstić information content (AvgIpc) is 2.39. The predicted molar refractivity (Wildman–Crippen MR) is 70.7 cm³/mol. The van der Waals surface area contributed by atoms with Crippen molar-refractivity contribution in [2.24, 2.45) is 0 Å². The first-order chi connectivity index (χ1) is 9.70. The second-order valence-electron chi connectivity index (χ2n) is 4.26. The molecule has 0 saturated heterocycles. The highest BCUT2D eigenvalue weighted by Crippen LogP contribution is 2.32. The number of nitrogens with two attached hydrogens (primary N) is 1. The zero-order valence-electron chi connectivity index (χ0n) is 10.3. The molecule has 0 fully saturated rings. The summed E-state index contributed by atoms with van der Waals surface area (Å²) in [4.78, 5) is 12.1. The molecule has 0 spiro atoms. The Morgan fingerprint density at radius 3 is 2.14 bits per heavy atom. The minimum Gasteiger partial charge on any atom is -0.398 e. The van der Waals surface area contributed by atoms with Crippen molar-refractivity contribution in [1.29, 1.82) is 0 Å². The minimum absolute atomic E-state index is 0.105. The highest BCUT2D eigenvalue weighted by molar-refractivity contribution is 6.33. The van der Waals surface area contributed by atoms with Crippen LogP contribution < -0.4 is 5.73 Å². The molecule has 0 aliphatic carbocycles. The van der Waals surface area contributed by atoms with E-state index in [0.29, 0.717) is 12.1 Å². The van der Waals surface area contributed by atoms with Gasteiger partial charge in [0.15, 0.2) is 5.78 Å². The zero-order valence-corrected chi connectivity index (χ0v) is 11.1. The van der Waals surface area contributed by atoms with E-state index in [1.165, 1.54) is 18.2 Å². The van der Waals surface area contributed by atoms with Gasteiger partial charge in [-0.1, -0.05) is 17.7 Å². The van der Waals surface area contributed by atoms with E-state index in [1.807, 2.05) is 0 Å². The van der Waals surface area contributed by atoms with E-state index in [1.54, 1.807) is 0 Å². The summed E-state index contributed by atoms with van der Waals surface area (Å²) in [5, 5.41) is 0.133. The van der Waals surface area contributed by atoms with Gasteiger partial charge >= 0.3 is 6.18 Å². The quantitative estimate of drug-likeness (QED) is 0.509. The molecule has 0 saturated carbocycles. The van der Waals surface area contributed by atoms with Crippen LogP contribution in [-0.4, -0.2) is 5.78 Å². The maximum Gasteiger partial charge on any atom is 0.419 e. The number of anilines is 1. The van der Waals surface area contributed by atoms with Gasteiger partial charge in [-0.3, -0.25) is 4.79 Å². The van der Waals surface area contributed by atoms with Crippen molar-refractivity contribution in [3.63, 3.8) is 0 Å². The van der Waals surface area contributed by atoms with Gasteiger partial charge in [-0.05, 0) is 30.3 Å². The highest BCUT2D eigenvalue weighted by atomic mass is 35.5. The van der Waals surface area contributed by atoms with Crippen molar-refractivity contribution in [3.8, 4) is 0 Å². The smallest absolute Gasteiger partial charge is 0.398 e. The van der Waals surface area contributed by atoms with Crippen LogP contribution in [0.15, 0.2) is 36.4 Å². The first-order valence-electron chi connectivity index (χ1n) is 5.66. The fourth-order valence-corrected chi connectivity index (χ4v) is 1.90. The predicted octanol–water partition coefficient (Wildman–Crippen LogP) is 4.31. The van der Waals surface area contributed by atoms with Crippen LogP contribution in [0.3, 0.4) is 0 Å². The van der Waals surface area contributed by atoms with Gasteiger partial charge in [0.2, 0.25) is 0 Å². The van der Waals surface area contributed by atoms with Gasteiger partial charge in [-0.2, -0.15) is 13.2 Å². The number of rotatable bonds is 2. The first kappa shape index (κ1) is 15.3. The number of alkyl halides is 3. The third-order valence-electron chi connectivity index (χ3n) is 2.80. The number of carbonyl (C=O) groups is 1. The number of carbonyl (C=O) groups excluding carboxylic acids is 1. The van der Waals surface area contributed by atoms with Gasteiger partial charge in [-0.25, -0.2) is 4.39 Å². The largest absolute Gasteiger partial charge is 0.419 e. The van der Waals surface area contributed by atoms with Crippen molar-refractivity contribution in [3.05, 3.63) is 63.9 Å². The molecular weight excluding hydrogens is 310 g/mol. The van der Waals surface area contributed by atoms with Crippen LogP contribution in [0, 0.1) is 5.82 Å². The lowest BCUT2D eigenvalue weighted by molar-refractivity contribution is -0.140. The Morgan fingerprint density at radius 2 is 1.62 bits per heavy atom. The summed E-state index contributed by atoms with van der Waals surface area (Å²) in [6.45, 7) is 0. The molecule has 0 aliphatic heterocycles. The molecule has 21 heavy (non-hydrogen) atoms. The Labute approximate surface area is 122 Å². The summed E-state index contributed by atoms with van der Waals surface area (Å²) in [6.07, 6.45) is -4.81. The Kier molecular flexibility index (Phi) is 3.91. The molecule has 0 amide bonds. The molecule has 0 aliphatic rings. The molecule has 110 valence electrons. The van der Waals surface area contributed by atoms with Crippen LogP contribution in [0.25, 0.3) is 0 Å². The fourth-order valence-electron chi connectivity index (χ4n) is 1.72. The maximum atomic E-state index is 13.4. The van der Waals surface area contributed by atoms with Gasteiger partial charge in [0.25, 0.3) is 0 Å². The Bertz CT molecular complexity index is 713. The van der Waals surface area contributed by atoms with Crippen LogP contribution in [0.4, 0.5) is 23.2 Å². The lowest BCUT2D eigenvalue weighted by atomic mass is 10.0. The molecule has 0 unspecified atom stereocenters. The van der Waals surface area contributed by atoms with Gasteiger partial charge < -0.3 is 5.73 Å². The molecular formula is C14H8ClF4NO. The SMILES string of the molecule is Nc1ccc(C(=O)c2ccc(C(F)(F)F)c(F)c2)cc1Cl. The van der Waals surface area contributed by atoms with E-state index >= 15 is 0 Å². The molecule has 0 atom stereocenters. The van der Waals surface area contributed by atoms with Crippen LogP contribution in [0.5, 0.6) is 0 Å². The monoisotopic (exact) mass is 317 g/mol. The van der Waals surface area contributed by atoms with Crippen LogP contribution >= 0.6 is 11.6 Å². The van der Waals surface area contributed by atoms with Gasteiger partial charge in [0.1, 0.15) is 5.82 Å². The lowest BCUT2D eigenvalue weighted by Gasteiger charge is -2.09. The molecule has 0 bridgehead atoms. The van der Waals surface area contributed by atoms with E-state index in [2.05, 4.69) is 0 Å². The molecule has 2 nitrogen and oxygen atoms in total. The third kappa shape index (κ3) is 3.16. The molecule has 2 aromatic rings. The maximum absolute atomic E-state index is 13.4. The summed E-state index contributed by atoms with van der Waals surface area (Å²) in [7, 11) is 0. The van der Waals surface area contributed by atoms with Crippen molar-refractivity contribution < 1.29 is 22.4 Å². The number of benzene rings is 2. The molecule has 0 radical (unpaired) electrons. The van der Waals surface area contributed by atoms with Crippen LogP contribution in [-0.2, 0) is 6.18 Å². The number of hydrogen-bond acceptors (Lipinski definition) is 2. The standard InChI is InChI=1S/C14H8ClF4NO/c15-10-5-7(2-4-12(10)20)13(21)8-1-3-9(11(16)6-8)14(17,18)19/h1-6H,20H2. The van der Waals surface area contributed by atoms with Gasteiger partial charge in [0, 0.05) is 11.1 Å². The molecule has 2 rings (SSSR count). The van der Waals surface area contributed by atoms with Crippen molar-refractivity contribution >= 4 is 23.1 Å². The van der Waals surface area contributed by atoms with E-state index in [-0.39, 0.29) is 21.8 Å². The summed E-state index contributed by atoms with van der Waals surface area (Å²) >= 11 is 5.76. The minimum atomic E-state index is -4.81. The van der Waals surface area contributed by atoms with E-state index in [0.717, 1.165) is 6.07 Å². The third-order valence-corrected chi connectivity index (χ3v) is 3.13. The summed E-state index contributed by atoms with van der Waals surface area (Å²) in [5.74, 6) is -2.15. The average molecular weight is 318 g/mol. The van der Waals surface area contributed by atoms with Gasteiger partial charge in [0.05, 0.1) is 16.3 Å². The summed E-state index contributed by atoms with van der Waals surface area (Å²) in [5.41, 5.74) is 4.22. The Balaban J connectivity index is 2.40. The Morgan fingerprint density at radius 1 is 1.05 bits per heavy atom. The van der Waals surface area contributed by atoms with Crippen molar-refractivity contribution in [1.82, 2.24) is 0 Å². The van der Waals surface area contributed by atoms with Crippen LogP contribution in [0.2, 0.25) is 5.02 Å². The second kappa shape index (κ2) is 5.37. The zero-order chi connectivity index (χ0) is 15.8. The lowest BCUT2D eigenvalue weighted by Crippen LogP contribution is -2.10. The van der Waals surface area contributed by atoms with Gasteiger partial charge in [-0.15, -0.1) is 0 Å². The number of ketones is 1. The number of nitrogen functional groups attached to an aromatic ring is 1. The molecule has 0 aromatic heterocycles. The first-order valence-corrected chi connectivity index (χ1v) is 6.04. The highest BCUT2D eigenvalue weighted by Gasteiger charge is 2.34. The summed E-state index contributed by atoms with van der Waals surface area (Å²) < 4.78 is 50.8. The molecule has 0 heterocycles. The van der Waals surface area contributed by atoms with Crippen LogP contribution in [0.1, 0.15) is 21.5 Å². The number of hydrogen-bond donors (Lipinski definition) is 1. The van der Waals surface area contributed by atoms with Crippen molar-refractivity contribution in [2.45, 2.75) is 6.18 Å². The van der Waals surface area contributed by atoms with E-state index in [9.17, 15) is 22.4 Å².